The molecular weight excluding hydrogens is 379 g/mol. The number of halogens is 1. The van der Waals surface area contributed by atoms with Gasteiger partial charge in [0.15, 0.2) is 0 Å². The molecule has 0 aliphatic heterocycles. The number of nitrogens with one attached hydrogen (secondary N) is 1. The van der Waals surface area contributed by atoms with E-state index in [4.69, 9.17) is 4.74 Å². The number of benzene rings is 1. The summed E-state index contributed by atoms with van der Waals surface area (Å²) in [4.78, 5) is 16.5. The maximum atomic E-state index is 12.1. The third kappa shape index (κ3) is 4.42. The molecule has 0 saturated carbocycles. The predicted molar refractivity (Wildman–Crippen MR) is 91.9 cm³/mol. The Morgan fingerprint density at radius 2 is 1.95 bits per heavy atom. The smallest absolute Gasteiger partial charge is 0.256 e. The van der Waals surface area contributed by atoms with Crippen molar-refractivity contribution in [2.75, 3.05) is 11.9 Å². The highest BCUT2D eigenvalue weighted by molar-refractivity contribution is 14.1. The summed E-state index contributed by atoms with van der Waals surface area (Å²) < 4.78 is 6.56. The van der Waals surface area contributed by atoms with E-state index in [1.165, 1.54) is 0 Å². The summed E-state index contributed by atoms with van der Waals surface area (Å²) in [7, 11) is 0. The van der Waals surface area contributed by atoms with Gasteiger partial charge in [-0.15, -0.1) is 0 Å². The van der Waals surface area contributed by atoms with Gasteiger partial charge in [0.1, 0.15) is 11.6 Å². The van der Waals surface area contributed by atoms with E-state index >= 15 is 0 Å². The maximum absolute atomic E-state index is 12.1. The number of amides is 1. The highest BCUT2D eigenvalue weighted by Crippen LogP contribution is 2.15. The summed E-state index contributed by atoms with van der Waals surface area (Å²) in [5.41, 5.74) is 1.48. The van der Waals surface area contributed by atoms with Gasteiger partial charge in [0.25, 0.3) is 5.91 Å². The number of nitrogens with zero attached hydrogens (tertiary/aromatic N) is 1. The number of pyridine rings is 1. The van der Waals surface area contributed by atoms with Crippen molar-refractivity contribution in [3.63, 3.8) is 0 Å². The molecule has 0 atom stereocenters. The molecule has 4 nitrogen and oxygen atoms in total. The summed E-state index contributed by atoms with van der Waals surface area (Å²) >= 11 is 2.21. The standard InChI is InChI=1S/C16H17IN2O2/c1-3-10-21-13-6-4-12(5-7-13)16(20)19-15-9-8-14(17)11(2)18-15/h4-9H,3,10H2,1-2H3,(H,18,19,20). The molecule has 1 N–H and O–H groups in total. The Hall–Kier alpha value is -1.63. The fourth-order valence-electron chi connectivity index (χ4n) is 1.72. The third-order valence-corrected chi connectivity index (χ3v) is 3.99. The van der Waals surface area contributed by atoms with Crippen LogP contribution in [0.1, 0.15) is 29.4 Å². The van der Waals surface area contributed by atoms with Crippen LogP contribution < -0.4 is 10.1 Å². The third-order valence-electron chi connectivity index (χ3n) is 2.85. The van der Waals surface area contributed by atoms with Crippen LogP contribution >= 0.6 is 22.6 Å². The summed E-state index contributed by atoms with van der Waals surface area (Å²) in [6, 6.07) is 10.8. The zero-order valence-electron chi connectivity index (χ0n) is 12.0. The number of carbonyl (C=O) groups excluding carboxylic acids is 1. The highest BCUT2D eigenvalue weighted by atomic mass is 127. The maximum Gasteiger partial charge on any atom is 0.256 e. The Balaban J connectivity index is 2.04. The van der Waals surface area contributed by atoms with Crippen LogP contribution in [0.5, 0.6) is 5.75 Å². The summed E-state index contributed by atoms with van der Waals surface area (Å²) in [6.45, 7) is 4.65. The van der Waals surface area contributed by atoms with Crippen molar-refractivity contribution in [1.29, 1.82) is 0 Å². The molecule has 0 aliphatic rings. The Labute approximate surface area is 138 Å². The minimum atomic E-state index is -0.176. The molecule has 0 bridgehead atoms. The van der Waals surface area contributed by atoms with E-state index in [1.807, 2.05) is 13.0 Å². The molecule has 1 amide bonds. The second-order valence-electron chi connectivity index (χ2n) is 4.59. The summed E-state index contributed by atoms with van der Waals surface area (Å²) in [5.74, 6) is 1.16. The number of aryl methyl sites for hydroxylation is 1. The first-order chi connectivity index (χ1) is 10.1. The Morgan fingerprint density at radius 3 is 2.57 bits per heavy atom. The van der Waals surface area contributed by atoms with E-state index in [0.29, 0.717) is 18.0 Å². The molecule has 2 aromatic rings. The van der Waals surface area contributed by atoms with Crippen molar-refractivity contribution in [2.45, 2.75) is 20.3 Å². The average Bonchev–Trinajstić information content (AvgIpc) is 2.49. The second kappa shape index (κ2) is 7.40. The van der Waals surface area contributed by atoms with Crippen LogP contribution in [-0.4, -0.2) is 17.5 Å². The van der Waals surface area contributed by atoms with Crippen LogP contribution in [0.2, 0.25) is 0 Å². The number of aromatic nitrogens is 1. The predicted octanol–water partition coefficient (Wildman–Crippen LogP) is 4.04. The van der Waals surface area contributed by atoms with Crippen LogP contribution in [0.3, 0.4) is 0 Å². The summed E-state index contributed by atoms with van der Waals surface area (Å²) in [5, 5.41) is 2.79. The van der Waals surface area contributed by atoms with Gasteiger partial charge in [-0.1, -0.05) is 6.92 Å². The number of ether oxygens (including phenoxy) is 1. The number of carbonyl (C=O) groups is 1. The summed E-state index contributed by atoms with van der Waals surface area (Å²) in [6.07, 6.45) is 0.958. The van der Waals surface area contributed by atoms with Gasteiger partial charge in [-0.25, -0.2) is 4.98 Å². The molecule has 0 spiro atoms. The zero-order valence-corrected chi connectivity index (χ0v) is 14.2. The van der Waals surface area contributed by atoms with Crippen molar-refractivity contribution in [1.82, 2.24) is 4.98 Å². The van der Waals surface area contributed by atoms with E-state index in [1.54, 1.807) is 30.3 Å². The van der Waals surface area contributed by atoms with Crippen molar-refractivity contribution < 1.29 is 9.53 Å². The lowest BCUT2D eigenvalue weighted by atomic mass is 10.2. The van der Waals surface area contributed by atoms with Gasteiger partial charge in [-0.3, -0.25) is 4.79 Å². The van der Waals surface area contributed by atoms with Crippen molar-refractivity contribution >= 4 is 34.3 Å². The first-order valence-corrected chi connectivity index (χ1v) is 7.85. The number of hydrogen-bond donors (Lipinski definition) is 1. The van der Waals surface area contributed by atoms with E-state index in [0.717, 1.165) is 21.4 Å². The zero-order chi connectivity index (χ0) is 15.2. The molecule has 110 valence electrons. The molecule has 1 aromatic carbocycles. The van der Waals surface area contributed by atoms with E-state index in [-0.39, 0.29) is 5.91 Å². The minimum Gasteiger partial charge on any atom is -0.494 e. The van der Waals surface area contributed by atoms with Gasteiger partial charge in [-0.2, -0.15) is 0 Å². The number of rotatable bonds is 5. The molecule has 1 heterocycles. The quantitative estimate of drug-likeness (QED) is 0.777. The largest absolute Gasteiger partial charge is 0.494 e. The molecular formula is C16H17IN2O2. The Bertz CT molecular complexity index is 627. The van der Waals surface area contributed by atoms with Crippen molar-refractivity contribution in [2.24, 2.45) is 0 Å². The highest BCUT2D eigenvalue weighted by Gasteiger charge is 2.08. The van der Waals surface area contributed by atoms with Crippen molar-refractivity contribution in [3.05, 3.63) is 51.2 Å². The molecule has 1 aromatic heterocycles. The molecule has 0 unspecified atom stereocenters. The monoisotopic (exact) mass is 396 g/mol. The fourth-order valence-corrected chi connectivity index (χ4v) is 2.03. The molecule has 5 heteroatoms. The lowest BCUT2D eigenvalue weighted by Gasteiger charge is -2.08. The van der Waals surface area contributed by atoms with E-state index in [2.05, 4.69) is 39.8 Å². The van der Waals surface area contributed by atoms with Crippen molar-refractivity contribution in [3.8, 4) is 5.75 Å². The minimum absolute atomic E-state index is 0.176. The number of anilines is 1. The molecule has 0 radical (unpaired) electrons. The molecule has 0 fully saturated rings. The van der Waals surface area contributed by atoms with Gasteiger partial charge in [0.05, 0.1) is 12.3 Å². The van der Waals surface area contributed by atoms with Crippen LogP contribution in [0.25, 0.3) is 0 Å². The van der Waals surface area contributed by atoms with Gasteiger partial charge < -0.3 is 10.1 Å². The molecule has 21 heavy (non-hydrogen) atoms. The second-order valence-corrected chi connectivity index (χ2v) is 5.75. The topological polar surface area (TPSA) is 51.2 Å². The van der Waals surface area contributed by atoms with Crippen LogP contribution in [0, 0.1) is 10.5 Å². The number of hydrogen-bond acceptors (Lipinski definition) is 3. The van der Waals surface area contributed by atoms with Gasteiger partial charge in [0, 0.05) is 9.13 Å². The average molecular weight is 396 g/mol. The lowest BCUT2D eigenvalue weighted by Crippen LogP contribution is -2.13. The first-order valence-electron chi connectivity index (χ1n) is 6.77. The van der Waals surface area contributed by atoms with Crippen LogP contribution in [-0.2, 0) is 0 Å². The van der Waals surface area contributed by atoms with Gasteiger partial charge in [0.2, 0.25) is 0 Å². The van der Waals surface area contributed by atoms with Gasteiger partial charge >= 0.3 is 0 Å². The molecule has 0 saturated heterocycles. The van der Waals surface area contributed by atoms with Crippen LogP contribution in [0.4, 0.5) is 5.82 Å². The van der Waals surface area contributed by atoms with Gasteiger partial charge in [-0.05, 0) is 72.3 Å². The molecule has 2 rings (SSSR count). The van der Waals surface area contributed by atoms with Crippen LogP contribution in [0.15, 0.2) is 36.4 Å². The Morgan fingerprint density at radius 1 is 1.24 bits per heavy atom. The first kappa shape index (κ1) is 15.8. The van der Waals surface area contributed by atoms with E-state index < -0.39 is 0 Å². The van der Waals surface area contributed by atoms with E-state index in [9.17, 15) is 4.79 Å². The SMILES string of the molecule is CCCOc1ccc(C(=O)Nc2ccc(I)c(C)n2)cc1. The lowest BCUT2D eigenvalue weighted by molar-refractivity contribution is 0.102. The molecule has 0 aliphatic carbocycles. The normalized spacial score (nSPS) is 10.2. The fraction of sp³-hybridized carbons (Fsp3) is 0.250. The Kier molecular flexibility index (Phi) is 5.55.